The first-order valence-electron chi connectivity index (χ1n) is 3.77. The third-order valence-corrected chi connectivity index (χ3v) is 1.51. The van der Waals surface area contributed by atoms with Gasteiger partial charge in [0, 0.05) is 13.1 Å². The second kappa shape index (κ2) is 3.76. The summed E-state index contributed by atoms with van der Waals surface area (Å²) in [5.41, 5.74) is 3.74. The summed E-state index contributed by atoms with van der Waals surface area (Å²) in [6.45, 7) is 5.82. The summed E-state index contributed by atoms with van der Waals surface area (Å²) < 4.78 is 0. The highest BCUT2D eigenvalue weighted by molar-refractivity contribution is 5.72. The summed E-state index contributed by atoms with van der Waals surface area (Å²) in [5, 5.41) is 1.72. The highest BCUT2D eigenvalue weighted by Gasteiger charge is 2.02. The Morgan fingerprint density at radius 3 is 3.00 bits per heavy atom. The number of rotatable bonds is 2. The number of nitrogens with one attached hydrogen (secondary N) is 1. The monoisotopic (exact) mass is 164 g/mol. The van der Waals surface area contributed by atoms with Crippen LogP contribution in [0.5, 0.6) is 0 Å². The van der Waals surface area contributed by atoms with E-state index in [9.17, 15) is 4.79 Å². The van der Waals surface area contributed by atoms with Crippen LogP contribution in [0.15, 0.2) is 36.6 Å². The first-order chi connectivity index (χ1) is 5.72. The summed E-state index contributed by atoms with van der Waals surface area (Å²) in [6, 6.07) is 0. The lowest BCUT2D eigenvalue weighted by Crippen LogP contribution is -2.37. The average molecular weight is 164 g/mol. The zero-order valence-electron chi connectivity index (χ0n) is 7.08. The Labute approximate surface area is 72.0 Å². The van der Waals surface area contributed by atoms with Gasteiger partial charge in [-0.2, -0.15) is 0 Å². The molecule has 0 aromatic carbocycles. The van der Waals surface area contributed by atoms with Gasteiger partial charge < -0.3 is 0 Å². The van der Waals surface area contributed by atoms with Gasteiger partial charge in [-0.05, 0) is 11.6 Å². The van der Waals surface area contributed by atoms with Crippen molar-refractivity contribution in [3.63, 3.8) is 0 Å². The van der Waals surface area contributed by atoms with E-state index in [0.717, 1.165) is 5.57 Å². The van der Waals surface area contributed by atoms with Crippen LogP contribution in [0, 0.1) is 0 Å². The molecule has 0 aliphatic carbocycles. The molecular formula is C9H12N2O. The molecular weight excluding hydrogens is 152 g/mol. The molecule has 1 aliphatic rings. The highest BCUT2D eigenvalue weighted by atomic mass is 16.2. The minimum absolute atomic E-state index is 0.0601. The van der Waals surface area contributed by atoms with E-state index in [-0.39, 0.29) is 5.91 Å². The van der Waals surface area contributed by atoms with E-state index < -0.39 is 0 Å². The maximum absolute atomic E-state index is 10.6. The fraction of sp³-hybridized carbons (Fsp3) is 0.222. The minimum atomic E-state index is -0.0601. The molecule has 0 radical (unpaired) electrons. The first kappa shape index (κ1) is 8.59. The van der Waals surface area contributed by atoms with E-state index in [1.165, 1.54) is 6.92 Å². The maximum Gasteiger partial charge on any atom is 0.235 e. The van der Waals surface area contributed by atoms with Gasteiger partial charge in [0.25, 0.3) is 0 Å². The fourth-order valence-corrected chi connectivity index (χ4v) is 0.945. The van der Waals surface area contributed by atoms with E-state index in [0.29, 0.717) is 6.54 Å². The van der Waals surface area contributed by atoms with E-state index in [1.807, 2.05) is 18.4 Å². The molecule has 0 bridgehead atoms. The molecule has 0 atom stereocenters. The molecule has 1 amide bonds. The molecule has 1 heterocycles. The molecule has 0 unspecified atom stereocenters. The molecule has 0 spiro atoms. The summed E-state index contributed by atoms with van der Waals surface area (Å²) in [4.78, 5) is 10.6. The lowest BCUT2D eigenvalue weighted by Gasteiger charge is -2.21. The van der Waals surface area contributed by atoms with E-state index >= 15 is 0 Å². The van der Waals surface area contributed by atoms with Crippen LogP contribution in [-0.4, -0.2) is 17.5 Å². The van der Waals surface area contributed by atoms with Gasteiger partial charge in [-0.25, -0.2) is 0 Å². The van der Waals surface area contributed by atoms with Crippen molar-refractivity contribution in [2.45, 2.75) is 6.92 Å². The largest absolute Gasteiger partial charge is 0.289 e. The number of hydrogen-bond acceptors (Lipinski definition) is 2. The predicted octanol–water partition coefficient (Wildman–Crippen LogP) is 0.979. The normalized spacial score (nSPS) is 15.4. The summed E-state index contributed by atoms with van der Waals surface area (Å²) in [6.07, 6.45) is 7.48. The maximum atomic E-state index is 10.6. The lowest BCUT2D eigenvalue weighted by atomic mass is 10.2. The Morgan fingerprint density at radius 2 is 2.58 bits per heavy atom. The van der Waals surface area contributed by atoms with Gasteiger partial charge in [0.1, 0.15) is 0 Å². The van der Waals surface area contributed by atoms with Crippen LogP contribution in [0.2, 0.25) is 0 Å². The molecule has 1 N–H and O–H groups in total. The van der Waals surface area contributed by atoms with Crippen molar-refractivity contribution in [1.82, 2.24) is 10.4 Å². The zero-order chi connectivity index (χ0) is 8.97. The molecule has 0 aromatic heterocycles. The highest BCUT2D eigenvalue weighted by Crippen LogP contribution is 2.04. The third kappa shape index (κ3) is 2.27. The van der Waals surface area contributed by atoms with Gasteiger partial charge in [0.15, 0.2) is 0 Å². The van der Waals surface area contributed by atoms with Crippen LogP contribution in [0.25, 0.3) is 0 Å². The molecule has 0 aromatic rings. The number of hydrogen-bond donors (Lipinski definition) is 1. The molecule has 0 saturated heterocycles. The predicted molar refractivity (Wildman–Crippen MR) is 47.9 cm³/mol. The summed E-state index contributed by atoms with van der Waals surface area (Å²) in [5.74, 6) is -0.0601. The molecule has 1 aliphatic heterocycles. The second-order valence-corrected chi connectivity index (χ2v) is 2.54. The smallest absolute Gasteiger partial charge is 0.235 e. The Bertz CT molecular complexity index is 253. The van der Waals surface area contributed by atoms with Crippen LogP contribution in [0.3, 0.4) is 0 Å². The van der Waals surface area contributed by atoms with Crippen LogP contribution in [0.1, 0.15) is 6.92 Å². The van der Waals surface area contributed by atoms with Gasteiger partial charge in [-0.1, -0.05) is 18.7 Å². The van der Waals surface area contributed by atoms with Gasteiger partial charge in [0.05, 0.1) is 6.54 Å². The van der Waals surface area contributed by atoms with Crippen LogP contribution < -0.4 is 5.43 Å². The third-order valence-electron chi connectivity index (χ3n) is 1.51. The van der Waals surface area contributed by atoms with Crippen molar-refractivity contribution in [3.8, 4) is 0 Å². The lowest BCUT2D eigenvalue weighted by molar-refractivity contribution is -0.122. The van der Waals surface area contributed by atoms with Crippen molar-refractivity contribution in [3.05, 3.63) is 36.6 Å². The number of carbonyl (C=O) groups is 1. The topological polar surface area (TPSA) is 32.3 Å². The minimum Gasteiger partial charge on any atom is -0.289 e. The average Bonchev–Trinajstić information content (AvgIpc) is 2.05. The zero-order valence-corrected chi connectivity index (χ0v) is 7.08. The summed E-state index contributed by atoms with van der Waals surface area (Å²) >= 11 is 0. The van der Waals surface area contributed by atoms with Crippen molar-refractivity contribution < 1.29 is 4.79 Å². The molecule has 64 valence electrons. The Morgan fingerprint density at radius 1 is 1.83 bits per heavy atom. The standard InChI is InChI=1S/C9H12N2O/c1-3-9-4-6-11(7-5-9)10-8(2)12/h3-6H,1,7H2,2H3,(H,10,12). The van der Waals surface area contributed by atoms with Gasteiger partial charge >= 0.3 is 0 Å². The summed E-state index contributed by atoms with van der Waals surface area (Å²) in [7, 11) is 0. The van der Waals surface area contributed by atoms with Crippen molar-refractivity contribution in [2.75, 3.05) is 6.54 Å². The second-order valence-electron chi connectivity index (χ2n) is 2.54. The Kier molecular flexibility index (Phi) is 2.69. The molecule has 3 nitrogen and oxygen atoms in total. The van der Waals surface area contributed by atoms with E-state index in [2.05, 4.69) is 12.0 Å². The Balaban J connectivity index is 2.48. The van der Waals surface area contributed by atoms with Crippen molar-refractivity contribution >= 4 is 5.91 Å². The quantitative estimate of drug-likeness (QED) is 0.659. The van der Waals surface area contributed by atoms with Crippen LogP contribution in [0.4, 0.5) is 0 Å². The molecule has 0 saturated carbocycles. The van der Waals surface area contributed by atoms with Gasteiger partial charge in [-0.3, -0.25) is 15.2 Å². The van der Waals surface area contributed by atoms with Gasteiger partial charge in [0.2, 0.25) is 5.91 Å². The van der Waals surface area contributed by atoms with Crippen LogP contribution in [-0.2, 0) is 4.79 Å². The number of nitrogens with zero attached hydrogens (tertiary/aromatic N) is 1. The van der Waals surface area contributed by atoms with E-state index in [1.54, 1.807) is 11.1 Å². The number of carbonyl (C=O) groups excluding carboxylic acids is 1. The van der Waals surface area contributed by atoms with Gasteiger partial charge in [-0.15, -0.1) is 0 Å². The molecule has 1 rings (SSSR count). The number of hydrazine groups is 1. The molecule has 12 heavy (non-hydrogen) atoms. The van der Waals surface area contributed by atoms with Crippen molar-refractivity contribution in [2.24, 2.45) is 0 Å². The molecule has 3 heteroatoms. The fourth-order valence-electron chi connectivity index (χ4n) is 0.945. The Hall–Kier alpha value is -1.51. The SMILES string of the molecule is C=CC1=CCN(NC(C)=O)C=C1. The van der Waals surface area contributed by atoms with Crippen molar-refractivity contribution in [1.29, 1.82) is 0 Å². The van der Waals surface area contributed by atoms with E-state index in [4.69, 9.17) is 0 Å². The number of allylic oxidation sites excluding steroid dienone is 3. The molecule has 0 fully saturated rings. The van der Waals surface area contributed by atoms with Crippen LogP contribution >= 0.6 is 0 Å². The first-order valence-corrected chi connectivity index (χ1v) is 3.77. The number of amides is 1.